The molecular weight excluding hydrogens is 394 g/mol. The lowest BCUT2D eigenvalue weighted by molar-refractivity contribution is -0.129. The van der Waals surface area contributed by atoms with Crippen LogP contribution >= 0.6 is 12.4 Å². The molecule has 2 unspecified atom stereocenters. The van der Waals surface area contributed by atoms with Crippen molar-refractivity contribution in [1.29, 1.82) is 0 Å². The zero-order valence-electron chi connectivity index (χ0n) is 18.0. The Bertz CT molecular complexity index is 886. The molecule has 160 valence electrons. The number of likely N-dealkylation sites (tertiary alicyclic amines) is 1. The molecule has 1 fully saturated rings. The van der Waals surface area contributed by atoms with E-state index in [-0.39, 0.29) is 18.2 Å². The molecule has 1 saturated heterocycles. The van der Waals surface area contributed by atoms with Crippen LogP contribution in [0.2, 0.25) is 0 Å². The second-order valence-corrected chi connectivity index (χ2v) is 8.08. The van der Waals surface area contributed by atoms with Crippen molar-refractivity contribution in [1.82, 2.24) is 4.90 Å². The fourth-order valence-corrected chi connectivity index (χ4v) is 3.73. The van der Waals surface area contributed by atoms with E-state index in [0.29, 0.717) is 13.0 Å². The minimum Gasteiger partial charge on any atom is -0.385 e. The molecule has 0 saturated carbocycles. The van der Waals surface area contributed by atoms with Crippen molar-refractivity contribution in [3.05, 3.63) is 82.9 Å². The Hall–Kier alpha value is -2.20. The van der Waals surface area contributed by atoms with E-state index in [1.165, 1.54) is 11.1 Å². The highest BCUT2D eigenvalue weighted by Crippen LogP contribution is 2.31. The molecule has 2 atom stereocenters. The van der Waals surface area contributed by atoms with E-state index in [4.69, 9.17) is 0 Å². The van der Waals surface area contributed by atoms with E-state index in [2.05, 4.69) is 30.9 Å². The van der Waals surface area contributed by atoms with Gasteiger partial charge in [0.15, 0.2) is 5.78 Å². The fraction of sp³-hybridized carbons (Fsp3) is 0.346. The third kappa shape index (κ3) is 6.15. The number of allylic oxidation sites excluding steroid dienone is 1. The molecule has 0 aromatic heterocycles. The Morgan fingerprint density at radius 2 is 1.57 bits per heavy atom. The van der Waals surface area contributed by atoms with E-state index >= 15 is 0 Å². The Balaban J connectivity index is 0.00000320. The van der Waals surface area contributed by atoms with Crippen molar-refractivity contribution in [2.75, 3.05) is 19.6 Å². The summed E-state index contributed by atoms with van der Waals surface area (Å²) < 4.78 is 0. The molecule has 1 aliphatic rings. The molecule has 3 nitrogen and oxygen atoms in total. The topological polar surface area (TPSA) is 40.5 Å². The van der Waals surface area contributed by atoms with Gasteiger partial charge in [0.1, 0.15) is 0 Å². The van der Waals surface area contributed by atoms with Gasteiger partial charge in [0, 0.05) is 13.1 Å². The van der Waals surface area contributed by atoms with Gasteiger partial charge in [0.2, 0.25) is 0 Å². The first-order chi connectivity index (χ1) is 13.9. The lowest BCUT2D eigenvalue weighted by Crippen LogP contribution is -2.53. The lowest BCUT2D eigenvalue weighted by atomic mass is 9.77. The third-order valence-corrected chi connectivity index (χ3v) is 5.82. The molecule has 1 N–H and O–H groups in total. The van der Waals surface area contributed by atoms with Crippen molar-refractivity contribution in [2.45, 2.75) is 32.8 Å². The normalized spacial score (nSPS) is 22.3. The number of carbonyl (C=O) groups excluding carboxylic acids is 1. The van der Waals surface area contributed by atoms with Gasteiger partial charge in [-0.2, -0.15) is 0 Å². The number of aliphatic hydroxyl groups is 1. The maximum Gasteiger partial charge on any atom is 0.163 e. The van der Waals surface area contributed by atoms with Gasteiger partial charge in [-0.25, -0.2) is 0 Å². The van der Waals surface area contributed by atoms with Crippen LogP contribution < -0.4 is 0 Å². The largest absolute Gasteiger partial charge is 0.385 e. The Labute approximate surface area is 186 Å². The zero-order chi connectivity index (χ0) is 20.9. The quantitative estimate of drug-likeness (QED) is 0.655. The summed E-state index contributed by atoms with van der Waals surface area (Å²) in [6.07, 6.45) is 7.78. The molecule has 0 radical (unpaired) electrons. The van der Waals surface area contributed by atoms with Crippen LogP contribution in [0.15, 0.2) is 60.7 Å². The number of aryl methyl sites for hydroxylation is 2. The number of halogens is 1. The maximum atomic E-state index is 13.1. The molecule has 2 aromatic rings. The molecule has 4 heteroatoms. The summed E-state index contributed by atoms with van der Waals surface area (Å²) in [5.41, 5.74) is 3.28. The average Bonchev–Trinajstić information content (AvgIpc) is 2.73. The van der Waals surface area contributed by atoms with E-state index in [1.54, 1.807) is 6.08 Å². The van der Waals surface area contributed by atoms with Crippen LogP contribution in [-0.4, -0.2) is 41.0 Å². The Kier molecular flexibility index (Phi) is 8.60. The number of piperidine rings is 1. The van der Waals surface area contributed by atoms with Gasteiger partial charge in [-0.05, 0) is 44.0 Å². The predicted octanol–water partition coefficient (Wildman–Crippen LogP) is 5.09. The van der Waals surface area contributed by atoms with Gasteiger partial charge in [0.05, 0.1) is 11.5 Å². The van der Waals surface area contributed by atoms with Crippen molar-refractivity contribution in [3.8, 4) is 0 Å². The zero-order valence-corrected chi connectivity index (χ0v) is 18.9. The number of carbonyl (C=O) groups is 1. The molecule has 3 rings (SSSR count). The van der Waals surface area contributed by atoms with Gasteiger partial charge < -0.3 is 10.0 Å². The second-order valence-electron chi connectivity index (χ2n) is 8.08. The summed E-state index contributed by atoms with van der Waals surface area (Å²) in [5.74, 6) is -0.501. The average molecular weight is 426 g/mol. The van der Waals surface area contributed by atoms with E-state index in [0.717, 1.165) is 24.2 Å². The van der Waals surface area contributed by atoms with E-state index in [1.807, 2.05) is 61.5 Å². The van der Waals surface area contributed by atoms with Crippen LogP contribution in [0.1, 0.15) is 35.6 Å². The van der Waals surface area contributed by atoms with Crippen LogP contribution in [0.5, 0.6) is 0 Å². The van der Waals surface area contributed by atoms with Gasteiger partial charge >= 0.3 is 0 Å². The van der Waals surface area contributed by atoms with Crippen LogP contribution in [0, 0.1) is 19.8 Å². The minimum absolute atomic E-state index is 0. The molecule has 0 aliphatic carbocycles. The first kappa shape index (κ1) is 24.1. The van der Waals surface area contributed by atoms with Crippen molar-refractivity contribution in [3.63, 3.8) is 0 Å². The highest BCUT2D eigenvalue weighted by atomic mass is 35.5. The molecule has 2 aromatic carbocycles. The Morgan fingerprint density at radius 3 is 2.10 bits per heavy atom. The number of nitrogens with zero attached hydrogens (tertiary/aromatic N) is 1. The molecular formula is C26H32ClNO2. The summed E-state index contributed by atoms with van der Waals surface area (Å²) in [6.45, 7) is 8.43. The molecule has 1 aliphatic heterocycles. The smallest absolute Gasteiger partial charge is 0.163 e. The van der Waals surface area contributed by atoms with E-state index in [9.17, 15) is 9.90 Å². The van der Waals surface area contributed by atoms with Crippen LogP contribution in [-0.2, 0) is 4.79 Å². The standard InChI is InChI=1S/C26H31NO2.ClH/c1-4-27-18-17-26(29,16-15-23-11-7-21(3)8-12-23)24(19-27)25(28)14-13-22-9-5-20(2)6-10-22;/h5-16,24,29H,4,17-19H2,1-3H3;1H/b14-13+,16-15+;. The highest BCUT2D eigenvalue weighted by molar-refractivity contribution is 5.96. The number of hydrogen-bond acceptors (Lipinski definition) is 3. The molecule has 0 spiro atoms. The van der Waals surface area contributed by atoms with Gasteiger partial charge in [0.25, 0.3) is 0 Å². The molecule has 0 amide bonds. The third-order valence-electron chi connectivity index (χ3n) is 5.82. The highest BCUT2D eigenvalue weighted by Gasteiger charge is 2.42. The fourth-order valence-electron chi connectivity index (χ4n) is 3.73. The SMILES string of the molecule is CCN1CCC(O)(/C=C/c2ccc(C)cc2)C(C(=O)/C=C/c2ccc(C)cc2)C1.Cl. The lowest BCUT2D eigenvalue weighted by Gasteiger charge is -2.41. The van der Waals surface area contributed by atoms with Crippen LogP contribution in [0.25, 0.3) is 12.2 Å². The summed E-state index contributed by atoms with van der Waals surface area (Å²) in [7, 11) is 0. The van der Waals surface area contributed by atoms with Gasteiger partial charge in [-0.3, -0.25) is 4.79 Å². The van der Waals surface area contributed by atoms with Crippen LogP contribution in [0.3, 0.4) is 0 Å². The Morgan fingerprint density at radius 1 is 1.03 bits per heavy atom. The molecule has 0 bridgehead atoms. The number of rotatable bonds is 6. The number of benzene rings is 2. The number of ketones is 1. The van der Waals surface area contributed by atoms with Crippen molar-refractivity contribution in [2.24, 2.45) is 5.92 Å². The predicted molar refractivity (Wildman–Crippen MR) is 128 cm³/mol. The van der Waals surface area contributed by atoms with Crippen molar-refractivity contribution >= 4 is 30.3 Å². The summed E-state index contributed by atoms with van der Waals surface area (Å²) >= 11 is 0. The molecule has 30 heavy (non-hydrogen) atoms. The monoisotopic (exact) mass is 425 g/mol. The summed E-state index contributed by atoms with van der Waals surface area (Å²) in [6, 6.07) is 16.2. The molecule has 1 heterocycles. The van der Waals surface area contributed by atoms with Gasteiger partial charge in [-0.1, -0.05) is 84.8 Å². The maximum absolute atomic E-state index is 13.1. The first-order valence-electron chi connectivity index (χ1n) is 10.4. The van der Waals surface area contributed by atoms with Gasteiger partial charge in [-0.15, -0.1) is 12.4 Å². The minimum atomic E-state index is -1.13. The first-order valence-corrected chi connectivity index (χ1v) is 10.4. The van der Waals surface area contributed by atoms with E-state index < -0.39 is 11.5 Å². The summed E-state index contributed by atoms with van der Waals surface area (Å²) in [5, 5.41) is 11.4. The number of hydrogen-bond donors (Lipinski definition) is 1. The van der Waals surface area contributed by atoms with Crippen molar-refractivity contribution < 1.29 is 9.90 Å². The second kappa shape index (κ2) is 10.7. The summed E-state index contributed by atoms with van der Waals surface area (Å²) in [4.78, 5) is 15.3. The van der Waals surface area contributed by atoms with Crippen LogP contribution in [0.4, 0.5) is 0 Å².